The van der Waals surface area contributed by atoms with Crippen molar-refractivity contribution in [2.75, 3.05) is 42.9 Å². The second kappa shape index (κ2) is 7.99. The fourth-order valence-corrected chi connectivity index (χ4v) is 3.81. The number of halogens is 1. The van der Waals surface area contributed by atoms with Gasteiger partial charge in [-0.25, -0.2) is 4.98 Å². The van der Waals surface area contributed by atoms with E-state index >= 15 is 0 Å². The number of nitrogens with one attached hydrogen (secondary N) is 1. The number of hydrogen-bond donors (Lipinski definition) is 1. The monoisotopic (exact) mass is 350 g/mol. The summed E-state index contributed by atoms with van der Waals surface area (Å²) in [6, 6.07) is 8.71. The number of benzene rings is 1. The number of aromatic nitrogens is 1. The average Bonchev–Trinajstić information content (AvgIpc) is 3.00. The van der Waals surface area contributed by atoms with Crippen molar-refractivity contribution >= 4 is 34.3 Å². The van der Waals surface area contributed by atoms with E-state index in [1.54, 1.807) is 0 Å². The van der Waals surface area contributed by atoms with Crippen LogP contribution in [-0.2, 0) is 6.54 Å². The second-order valence-corrected chi connectivity index (χ2v) is 7.51. The Hall–Kier alpha value is -1.30. The molecule has 2 heterocycles. The van der Waals surface area contributed by atoms with E-state index in [-0.39, 0.29) is 0 Å². The molecule has 0 radical (unpaired) electrons. The molecule has 1 aliphatic heterocycles. The van der Waals surface area contributed by atoms with Gasteiger partial charge in [-0.1, -0.05) is 18.5 Å². The van der Waals surface area contributed by atoms with Gasteiger partial charge < -0.3 is 10.2 Å². The third kappa shape index (κ3) is 4.59. The van der Waals surface area contributed by atoms with E-state index in [1.165, 1.54) is 43.1 Å². The molecule has 0 spiro atoms. The first-order valence-electron chi connectivity index (χ1n) is 8.16. The Morgan fingerprint density at radius 1 is 1.17 bits per heavy atom. The van der Waals surface area contributed by atoms with Crippen LogP contribution in [0.3, 0.4) is 0 Å². The first-order chi connectivity index (χ1) is 11.2. The number of nitrogens with zero attached hydrogens (tertiary/aromatic N) is 3. The van der Waals surface area contributed by atoms with Gasteiger partial charge >= 0.3 is 0 Å². The minimum absolute atomic E-state index is 0.597. The smallest absolute Gasteiger partial charge is 0.183 e. The summed E-state index contributed by atoms with van der Waals surface area (Å²) in [6.45, 7) is 8.80. The highest BCUT2D eigenvalue weighted by Crippen LogP contribution is 2.22. The summed E-state index contributed by atoms with van der Waals surface area (Å²) in [5, 5.41) is 3.41. The van der Waals surface area contributed by atoms with Gasteiger partial charge in [-0.15, -0.1) is 11.3 Å². The Bertz CT molecular complexity index is 605. The summed E-state index contributed by atoms with van der Waals surface area (Å²) in [7, 11) is 0. The molecule has 6 heteroatoms. The number of hydrogen-bond acceptors (Lipinski definition) is 5. The molecule has 1 N–H and O–H groups in total. The van der Waals surface area contributed by atoms with Crippen LogP contribution in [0.2, 0.25) is 4.47 Å². The van der Waals surface area contributed by atoms with Crippen molar-refractivity contribution in [3.63, 3.8) is 0 Å². The van der Waals surface area contributed by atoms with Gasteiger partial charge in [-0.3, -0.25) is 4.90 Å². The normalized spacial score (nSPS) is 15.8. The second-order valence-electron chi connectivity index (χ2n) is 5.81. The molecular weight excluding hydrogens is 328 g/mol. The molecule has 0 unspecified atom stereocenters. The molecule has 0 atom stereocenters. The van der Waals surface area contributed by atoms with Gasteiger partial charge in [-0.05, 0) is 37.2 Å². The van der Waals surface area contributed by atoms with E-state index in [4.69, 9.17) is 11.6 Å². The molecule has 3 rings (SSSR count). The first kappa shape index (κ1) is 16.6. The maximum Gasteiger partial charge on any atom is 0.183 e. The summed E-state index contributed by atoms with van der Waals surface area (Å²) in [6.07, 6.45) is 3.06. The van der Waals surface area contributed by atoms with E-state index in [0.717, 1.165) is 30.2 Å². The minimum Gasteiger partial charge on any atom is -0.380 e. The largest absolute Gasteiger partial charge is 0.380 e. The minimum atomic E-state index is 0.597. The van der Waals surface area contributed by atoms with Gasteiger partial charge in [0.25, 0.3) is 0 Å². The predicted octanol–water partition coefficient (Wildman–Crippen LogP) is 3.94. The fraction of sp³-hybridized carbons (Fsp3) is 0.471. The maximum absolute atomic E-state index is 5.85. The van der Waals surface area contributed by atoms with E-state index in [2.05, 4.69) is 51.3 Å². The van der Waals surface area contributed by atoms with E-state index in [0.29, 0.717) is 4.47 Å². The van der Waals surface area contributed by atoms with Crippen LogP contribution >= 0.6 is 22.9 Å². The fourth-order valence-electron chi connectivity index (χ4n) is 2.89. The Labute approximate surface area is 147 Å². The van der Waals surface area contributed by atoms with Crippen LogP contribution in [0, 0.1) is 0 Å². The van der Waals surface area contributed by atoms with Gasteiger partial charge in [0.15, 0.2) is 4.47 Å². The van der Waals surface area contributed by atoms with Gasteiger partial charge in [-0.2, -0.15) is 0 Å². The number of rotatable bonds is 6. The van der Waals surface area contributed by atoms with Crippen LogP contribution in [-0.4, -0.2) is 42.6 Å². The molecule has 1 fully saturated rings. The highest BCUT2D eigenvalue weighted by molar-refractivity contribution is 7.15. The summed E-state index contributed by atoms with van der Waals surface area (Å²) in [4.78, 5) is 10.2. The lowest BCUT2D eigenvalue weighted by Crippen LogP contribution is -2.46. The molecule has 0 bridgehead atoms. The zero-order valence-electron chi connectivity index (χ0n) is 13.5. The standard InChI is InChI=1S/C17H23ClN4S/c1-2-7-21-8-10-22(11-9-21)15-5-3-14(4-6-15)19-12-16-13-20-17(18)23-16/h3-6,13,19H,2,7-12H2,1H3. The number of piperazine rings is 1. The summed E-state index contributed by atoms with van der Waals surface area (Å²) in [5.41, 5.74) is 2.44. The van der Waals surface area contributed by atoms with E-state index < -0.39 is 0 Å². The van der Waals surface area contributed by atoms with Crippen molar-refractivity contribution in [3.05, 3.63) is 39.8 Å². The van der Waals surface area contributed by atoms with Crippen LogP contribution in [0.1, 0.15) is 18.2 Å². The SMILES string of the molecule is CCCN1CCN(c2ccc(NCc3cnc(Cl)s3)cc2)CC1. The van der Waals surface area contributed by atoms with Crippen LogP contribution < -0.4 is 10.2 Å². The van der Waals surface area contributed by atoms with Crippen molar-refractivity contribution in [2.24, 2.45) is 0 Å². The van der Waals surface area contributed by atoms with Crippen molar-refractivity contribution in [3.8, 4) is 0 Å². The number of anilines is 2. The molecular formula is C17H23ClN4S. The molecule has 0 aliphatic carbocycles. The van der Waals surface area contributed by atoms with Crippen LogP contribution in [0.4, 0.5) is 11.4 Å². The highest BCUT2D eigenvalue weighted by atomic mass is 35.5. The van der Waals surface area contributed by atoms with Crippen molar-refractivity contribution in [1.29, 1.82) is 0 Å². The highest BCUT2D eigenvalue weighted by Gasteiger charge is 2.16. The molecule has 23 heavy (non-hydrogen) atoms. The number of thiazole rings is 1. The van der Waals surface area contributed by atoms with Crippen molar-refractivity contribution in [1.82, 2.24) is 9.88 Å². The summed E-state index contributed by atoms with van der Waals surface area (Å²) < 4.78 is 0.597. The topological polar surface area (TPSA) is 31.4 Å². The van der Waals surface area contributed by atoms with E-state index in [1.807, 2.05) is 6.20 Å². The Balaban J connectivity index is 1.51. The molecule has 1 aromatic carbocycles. The lowest BCUT2D eigenvalue weighted by atomic mass is 10.2. The summed E-state index contributed by atoms with van der Waals surface area (Å²) in [5.74, 6) is 0. The van der Waals surface area contributed by atoms with Gasteiger partial charge in [0.1, 0.15) is 0 Å². The van der Waals surface area contributed by atoms with Crippen molar-refractivity contribution in [2.45, 2.75) is 19.9 Å². The third-order valence-corrected chi connectivity index (χ3v) is 5.25. The average molecular weight is 351 g/mol. The first-order valence-corrected chi connectivity index (χ1v) is 9.35. The van der Waals surface area contributed by atoms with Gasteiger partial charge in [0.2, 0.25) is 0 Å². The Morgan fingerprint density at radius 3 is 2.52 bits per heavy atom. The molecule has 0 amide bonds. The molecule has 124 valence electrons. The molecule has 0 saturated carbocycles. The molecule has 2 aromatic rings. The van der Waals surface area contributed by atoms with Gasteiger partial charge in [0.05, 0.1) is 6.54 Å². The summed E-state index contributed by atoms with van der Waals surface area (Å²) >= 11 is 7.37. The Morgan fingerprint density at radius 2 is 1.91 bits per heavy atom. The van der Waals surface area contributed by atoms with Crippen LogP contribution in [0.15, 0.2) is 30.5 Å². The van der Waals surface area contributed by atoms with Crippen molar-refractivity contribution < 1.29 is 0 Å². The third-order valence-electron chi connectivity index (χ3n) is 4.14. The predicted molar refractivity (Wildman–Crippen MR) is 99.8 cm³/mol. The van der Waals surface area contributed by atoms with Crippen LogP contribution in [0.25, 0.3) is 0 Å². The Kier molecular flexibility index (Phi) is 5.75. The lowest BCUT2D eigenvalue weighted by molar-refractivity contribution is 0.258. The molecule has 1 aromatic heterocycles. The van der Waals surface area contributed by atoms with Gasteiger partial charge in [0, 0.05) is 48.6 Å². The quantitative estimate of drug-likeness (QED) is 0.855. The zero-order valence-corrected chi connectivity index (χ0v) is 15.0. The molecule has 1 saturated heterocycles. The van der Waals surface area contributed by atoms with Crippen LogP contribution in [0.5, 0.6) is 0 Å². The lowest BCUT2D eigenvalue weighted by Gasteiger charge is -2.36. The molecule has 4 nitrogen and oxygen atoms in total. The zero-order chi connectivity index (χ0) is 16.1. The molecule has 1 aliphatic rings. The van der Waals surface area contributed by atoms with E-state index in [9.17, 15) is 0 Å². The maximum atomic E-state index is 5.85.